The maximum absolute atomic E-state index is 15.4. The molecule has 0 radical (unpaired) electrons. The number of pyridine rings is 1. The van der Waals surface area contributed by atoms with Crippen molar-refractivity contribution in [1.29, 1.82) is 0 Å². The largest absolute Gasteiger partial charge is 0.493 e. The second-order valence-corrected chi connectivity index (χ2v) is 12.0. The van der Waals surface area contributed by atoms with E-state index in [4.69, 9.17) is 18.9 Å². The van der Waals surface area contributed by atoms with E-state index in [1.54, 1.807) is 37.5 Å². The molecule has 51 heavy (non-hydrogen) atoms. The number of methoxy groups -OCH3 is 1. The van der Waals surface area contributed by atoms with Crippen LogP contribution in [-0.4, -0.2) is 67.9 Å². The first-order chi connectivity index (χ1) is 24.7. The molecule has 0 aliphatic carbocycles. The van der Waals surface area contributed by atoms with Crippen molar-refractivity contribution in [2.75, 3.05) is 50.2 Å². The highest BCUT2D eigenvalue weighted by molar-refractivity contribution is 6.04. The molecule has 0 bridgehead atoms. The van der Waals surface area contributed by atoms with E-state index in [2.05, 4.69) is 15.2 Å². The van der Waals surface area contributed by atoms with E-state index in [1.165, 1.54) is 48.4 Å². The molecule has 264 valence electrons. The number of Topliss-reactive ketones (excluding diaryl/α,β-unsaturated/α-hetero) is 1. The number of ketones is 1. The van der Waals surface area contributed by atoms with Crippen molar-refractivity contribution >= 4 is 40.4 Å². The third-order valence-corrected chi connectivity index (χ3v) is 8.60. The number of benzene rings is 3. The number of hydrogen-bond acceptors (Lipinski definition) is 9. The van der Waals surface area contributed by atoms with Crippen LogP contribution in [0.3, 0.4) is 0 Å². The number of fused-ring (bicyclic) bond motifs is 1. The summed E-state index contributed by atoms with van der Waals surface area (Å²) >= 11 is 0. The molecule has 3 heterocycles. The van der Waals surface area contributed by atoms with Crippen molar-refractivity contribution < 1.29 is 42.1 Å². The van der Waals surface area contributed by atoms with Gasteiger partial charge in [0.2, 0.25) is 6.41 Å². The van der Waals surface area contributed by atoms with Crippen LogP contribution in [0, 0.1) is 11.6 Å². The van der Waals surface area contributed by atoms with Crippen LogP contribution >= 0.6 is 0 Å². The van der Waals surface area contributed by atoms with E-state index >= 15 is 4.39 Å². The summed E-state index contributed by atoms with van der Waals surface area (Å²) in [5, 5.41) is 3.26. The van der Waals surface area contributed by atoms with E-state index in [0.29, 0.717) is 90.6 Å². The number of allylic oxidation sites excluding steroid dienone is 1. The van der Waals surface area contributed by atoms with Gasteiger partial charge in [0.05, 0.1) is 24.8 Å². The summed E-state index contributed by atoms with van der Waals surface area (Å²) in [5.74, 6) is 0.125. The molecule has 2 aliphatic rings. The highest BCUT2D eigenvalue weighted by Gasteiger charge is 2.24. The molecule has 3 aromatic carbocycles. The molecule has 0 unspecified atom stereocenters. The summed E-state index contributed by atoms with van der Waals surface area (Å²) < 4.78 is 52.0. The summed E-state index contributed by atoms with van der Waals surface area (Å²) in [4.78, 5) is 44.4. The van der Waals surface area contributed by atoms with E-state index in [1.807, 2.05) is 0 Å². The Balaban J connectivity index is 1.13. The fourth-order valence-corrected chi connectivity index (χ4v) is 5.80. The molecule has 0 saturated carbocycles. The predicted molar refractivity (Wildman–Crippen MR) is 186 cm³/mol. The molecule has 6 rings (SSSR count). The Morgan fingerprint density at radius 1 is 1.00 bits per heavy atom. The van der Waals surface area contributed by atoms with Gasteiger partial charge in [-0.1, -0.05) is 0 Å². The fourth-order valence-electron chi connectivity index (χ4n) is 5.80. The number of rotatable bonds is 12. The summed E-state index contributed by atoms with van der Waals surface area (Å²) in [6.07, 6.45) is 5.22. The standard InChI is InChI=1S/C38H36F2N4O7/c1-24(37-25(12-17-50-37)22-44(23-45)28-6-3-26(39)4-7-28)38(47)42-27-5-8-34(31(40)19-27)51-33-9-13-41-32-21-36(35(48-2)20-30(32)33)49-18-16-43-14-10-29(46)11-15-43/h3-9,13,19-23H,10-12,14-18H2,1-2H3,(H,42,47)/b25-22-,37-24-. The van der Waals surface area contributed by atoms with Crippen LogP contribution in [0.2, 0.25) is 0 Å². The third kappa shape index (κ3) is 8.32. The molecule has 0 atom stereocenters. The number of nitrogens with one attached hydrogen (secondary N) is 1. The number of anilines is 2. The number of amides is 2. The first-order valence-electron chi connectivity index (χ1n) is 16.4. The van der Waals surface area contributed by atoms with Gasteiger partial charge in [0.15, 0.2) is 23.1 Å². The second kappa shape index (κ2) is 15.8. The quantitative estimate of drug-likeness (QED) is 0.130. The minimum atomic E-state index is -0.715. The highest BCUT2D eigenvalue weighted by Crippen LogP contribution is 2.38. The summed E-state index contributed by atoms with van der Waals surface area (Å²) in [6.45, 7) is 4.38. The molecule has 2 aliphatic heterocycles. The van der Waals surface area contributed by atoms with Gasteiger partial charge in [0, 0.05) is 85.8 Å². The lowest BCUT2D eigenvalue weighted by Crippen LogP contribution is -2.36. The van der Waals surface area contributed by atoms with Gasteiger partial charge >= 0.3 is 0 Å². The zero-order chi connectivity index (χ0) is 35.9. The van der Waals surface area contributed by atoms with Crippen LogP contribution in [-0.2, 0) is 19.1 Å². The lowest BCUT2D eigenvalue weighted by Gasteiger charge is -2.25. The summed E-state index contributed by atoms with van der Waals surface area (Å²) in [6, 6.07) is 14.5. The fraction of sp³-hybridized carbons (Fsp3) is 0.263. The smallest absolute Gasteiger partial charge is 0.255 e. The minimum Gasteiger partial charge on any atom is -0.493 e. The number of carbonyl (C=O) groups excluding carboxylic acids is 3. The normalized spacial score (nSPS) is 16.5. The zero-order valence-corrected chi connectivity index (χ0v) is 28.1. The Bertz CT molecular complexity index is 2010. The van der Waals surface area contributed by atoms with E-state index in [9.17, 15) is 18.8 Å². The average molecular weight is 699 g/mol. The van der Waals surface area contributed by atoms with Gasteiger partial charge in [-0.25, -0.2) is 8.78 Å². The van der Waals surface area contributed by atoms with Crippen LogP contribution in [0.5, 0.6) is 23.0 Å². The molecule has 4 aromatic rings. The van der Waals surface area contributed by atoms with Crippen molar-refractivity contribution in [2.45, 2.75) is 26.2 Å². The SMILES string of the molecule is COc1cc2c(Oc3ccc(NC(=O)/C(C)=C4\OCC\C4=C\N(C=O)c4ccc(F)cc4)cc3F)ccnc2cc1OCCN1CCC(=O)CC1. The number of carbonyl (C=O) groups is 3. The van der Waals surface area contributed by atoms with E-state index in [0.717, 1.165) is 19.2 Å². The third-order valence-electron chi connectivity index (χ3n) is 8.60. The van der Waals surface area contributed by atoms with Crippen LogP contribution < -0.4 is 24.4 Å². The number of aromatic nitrogens is 1. The Morgan fingerprint density at radius 2 is 1.78 bits per heavy atom. The Morgan fingerprint density at radius 3 is 2.51 bits per heavy atom. The van der Waals surface area contributed by atoms with Crippen LogP contribution in [0.15, 0.2) is 90.0 Å². The van der Waals surface area contributed by atoms with Crippen molar-refractivity contribution in [1.82, 2.24) is 9.88 Å². The van der Waals surface area contributed by atoms with E-state index in [-0.39, 0.29) is 22.8 Å². The molecule has 1 N–H and O–H groups in total. The second-order valence-electron chi connectivity index (χ2n) is 12.0. The number of nitrogens with zero attached hydrogens (tertiary/aromatic N) is 3. The molecule has 0 spiro atoms. The lowest BCUT2D eigenvalue weighted by atomic mass is 10.1. The van der Waals surface area contributed by atoms with Crippen molar-refractivity contribution in [3.63, 3.8) is 0 Å². The van der Waals surface area contributed by atoms with Gasteiger partial charge in [-0.3, -0.25) is 29.2 Å². The number of halogens is 2. The zero-order valence-electron chi connectivity index (χ0n) is 28.1. The molecule has 1 aromatic heterocycles. The van der Waals surface area contributed by atoms with Gasteiger partial charge in [-0.15, -0.1) is 0 Å². The Kier molecular flexibility index (Phi) is 10.9. The molecule has 11 nitrogen and oxygen atoms in total. The molecule has 2 saturated heterocycles. The molecule has 2 amide bonds. The maximum Gasteiger partial charge on any atom is 0.255 e. The Labute approximate surface area is 293 Å². The lowest BCUT2D eigenvalue weighted by molar-refractivity contribution is -0.121. The number of likely N-dealkylation sites (tertiary alicyclic amines) is 1. The highest BCUT2D eigenvalue weighted by atomic mass is 19.1. The van der Waals surface area contributed by atoms with Gasteiger partial charge in [-0.05, 0) is 55.5 Å². The van der Waals surface area contributed by atoms with Gasteiger partial charge < -0.3 is 24.3 Å². The molecule has 2 fully saturated rings. The topological polar surface area (TPSA) is 120 Å². The van der Waals surface area contributed by atoms with E-state index < -0.39 is 17.5 Å². The van der Waals surface area contributed by atoms with Gasteiger partial charge in [-0.2, -0.15) is 0 Å². The molecular formula is C38H36F2N4O7. The van der Waals surface area contributed by atoms with Crippen LogP contribution in [0.4, 0.5) is 20.2 Å². The number of piperidine rings is 1. The summed E-state index contributed by atoms with van der Waals surface area (Å²) in [7, 11) is 1.52. The minimum absolute atomic E-state index is 0.0750. The first-order valence-corrected chi connectivity index (χ1v) is 16.4. The first kappa shape index (κ1) is 35.0. The molecular weight excluding hydrogens is 662 g/mol. The number of ether oxygens (including phenoxy) is 4. The molecule has 13 heteroatoms. The summed E-state index contributed by atoms with van der Waals surface area (Å²) in [5.41, 5.74) is 2.02. The van der Waals surface area contributed by atoms with Gasteiger partial charge in [0.1, 0.15) is 29.7 Å². The van der Waals surface area contributed by atoms with Crippen molar-refractivity contribution in [2.24, 2.45) is 0 Å². The van der Waals surface area contributed by atoms with Crippen molar-refractivity contribution in [3.8, 4) is 23.0 Å². The number of hydrogen-bond donors (Lipinski definition) is 1. The van der Waals surface area contributed by atoms with Crippen molar-refractivity contribution in [3.05, 3.63) is 102 Å². The Hall–Kier alpha value is -5.82. The monoisotopic (exact) mass is 698 g/mol. The average Bonchev–Trinajstić information content (AvgIpc) is 3.60. The predicted octanol–water partition coefficient (Wildman–Crippen LogP) is 6.54. The van der Waals surface area contributed by atoms with Crippen LogP contribution in [0.1, 0.15) is 26.2 Å². The van der Waals surface area contributed by atoms with Gasteiger partial charge in [0.25, 0.3) is 5.91 Å². The van der Waals surface area contributed by atoms with Crippen LogP contribution in [0.25, 0.3) is 10.9 Å². The maximum atomic E-state index is 15.4.